The molecule has 0 saturated carbocycles. The molecule has 1 amide bonds. The van der Waals surface area contributed by atoms with Crippen LogP contribution in [0.1, 0.15) is 75.6 Å². The molecule has 1 aromatic carbocycles. The number of benzene rings is 1. The number of anilines is 1. The molecule has 3 heterocycles. The third-order valence-corrected chi connectivity index (χ3v) is 8.39. The Morgan fingerprint density at radius 2 is 1.94 bits per heavy atom. The molecule has 2 aliphatic heterocycles. The molecule has 7 nitrogen and oxygen atoms in total. The van der Waals surface area contributed by atoms with E-state index in [4.69, 9.17) is 11.6 Å². The normalized spacial score (nSPS) is 28.3. The second kappa shape index (κ2) is 9.23. The van der Waals surface area contributed by atoms with Crippen molar-refractivity contribution in [3.8, 4) is 0 Å². The second-order valence-electron chi connectivity index (χ2n) is 11.5. The molecule has 2 saturated heterocycles. The largest absolute Gasteiger partial charge is 0.384 e. The minimum atomic E-state index is -0.951. The second-order valence-corrected chi connectivity index (χ2v) is 11.9. The van der Waals surface area contributed by atoms with Gasteiger partial charge in [0.15, 0.2) is 0 Å². The molecule has 0 bridgehead atoms. The van der Waals surface area contributed by atoms with Gasteiger partial charge in [-0.3, -0.25) is 4.79 Å². The van der Waals surface area contributed by atoms with E-state index in [1.54, 1.807) is 13.0 Å². The Balaban J connectivity index is 1.36. The number of carbonyl (C=O) groups is 1. The molecule has 2 N–H and O–H groups in total. The van der Waals surface area contributed by atoms with Crippen molar-refractivity contribution in [2.24, 2.45) is 0 Å². The van der Waals surface area contributed by atoms with Crippen LogP contribution in [-0.2, 0) is 10.4 Å². The van der Waals surface area contributed by atoms with E-state index in [1.807, 2.05) is 4.90 Å². The first kappa shape index (κ1) is 25.4. The maximum absolute atomic E-state index is 14.4. The Kier molecular flexibility index (Phi) is 6.50. The van der Waals surface area contributed by atoms with Crippen molar-refractivity contribution < 1.29 is 14.3 Å². The number of piperazine rings is 1. The van der Waals surface area contributed by atoms with Crippen LogP contribution < -0.4 is 10.2 Å². The van der Waals surface area contributed by atoms with Gasteiger partial charge in [-0.25, -0.2) is 14.4 Å². The fourth-order valence-corrected chi connectivity index (χ4v) is 6.43. The lowest BCUT2D eigenvalue weighted by Crippen LogP contribution is -2.53. The molecule has 0 spiro atoms. The van der Waals surface area contributed by atoms with Crippen molar-refractivity contribution in [3.05, 3.63) is 52.2 Å². The van der Waals surface area contributed by atoms with Crippen LogP contribution in [-0.4, -0.2) is 63.6 Å². The van der Waals surface area contributed by atoms with Crippen molar-refractivity contribution in [2.75, 3.05) is 31.1 Å². The molecule has 2 unspecified atom stereocenters. The highest BCUT2D eigenvalue weighted by molar-refractivity contribution is 6.30. The highest BCUT2D eigenvalue weighted by Crippen LogP contribution is 2.46. The zero-order chi connectivity index (χ0) is 25.8. The number of hydrogen-bond acceptors (Lipinski definition) is 6. The van der Waals surface area contributed by atoms with Crippen LogP contribution >= 0.6 is 11.6 Å². The lowest BCUT2D eigenvalue weighted by molar-refractivity contribution is -0.133. The first-order valence-corrected chi connectivity index (χ1v) is 13.2. The quantitative estimate of drug-likeness (QED) is 0.642. The molecule has 9 heteroatoms. The maximum atomic E-state index is 14.4. The number of fused-ring (bicyclic) bond motifs is 1. The van der Waals surface area contributed by atoms with Crippen LogP contribution in [0.5, 0.6) is 0 Å². The number of amides is 1. The predicted molar refractivity (Wildman–Crippen MR) is 138 cm³/mol. The van der Waals surface area contributed by atoms with Crippen molar-refractivity contribution in [1.29, 1.82) is 0 Å². The Morgan fingerprint density at radius 1 is 1.22 bits per heavy atom. The van der Waals surface area contributed by atoms with Gasteiger partial charge in [0, 0.05) is 43.3 Å². The van der Waals surface area contributed by atoms with Crippen molar-refractivity contribution >= 4 is 23.3 Å². The van der Waals surface area contributed by atoms with Gasteiger partial charge in [0.2, 0.25) is 5.91 Å². The number of aliphatic hydroxyl groups is 1. The zero-order valence-electron chi connectivity index (χ0n) is 21.4. The number of carbonyl (C=O) groups excluding carboxylic acids is 1. The summed E-state index contributed by atoms with van der Waals surface area (Å²) in [6.45, 7) is 10.5. The first-order chi connectivity index (χ1) is 17.0. The molecule has 4 atom stereocenters. The fraction of sp³-hybridized carbons (Fsp3) is 0.593. The van der Waals surface area contributed by atoms with Crippen LogP contribution in [0.15, 0.2) is 24.5 Å². The van der Waals surface area contributed by atoms with Crippen molar-refractivity contribution in [1.82, 2.24) is 20.2 Å². The average Bonchev–Trinajstić information content (AvgIpc) is 3.31. The minimum absolute atomic E-state index is 0.00999. The topological polar surface area (TPSA) is 81.6 Å². The van der Waals surface area contributed by atoms with E-state index in [2.05, 4.69) is 41.0 Å². The number of nitrogens with one attached hydrogen (secondary N) is 1. The molecule has 5 rings (SSSR count). The van der Waals surface area contributed by atoms with E-state index in [0.717, 1.165) is 24.2 Å². The molecule has 1 aromatic heterocycles. The molecule has 2 aromatic rings. The summed E-state index contributed by atoms with van der Waals surface area (Å²) in [6, 6.07) is 4.65. The van der Waals surface area contributed by atoms with E-state index in [1.165, 1.54) is 18.5 Å². The minimum Gasteiger partial charge on any atom is -0.384 e. The number of nitrogens with zero attached hydrogens (tertiary/aromatic N) is 4. The van der Waals surface area contributed by atoms with E-state index < -0.39 is 17.3 Å². The lowest BCUT2D eigenvalue weighted by atomic mass is 9.88. The van der Waals surface area contributed by atoms with E-state index in [-0.39, 0.29) is 28.4 Å². The summed E-state index contributed by atoms with van der Waals surface area (Å²) in [6.07, 6.45) is 3.94. The van der Waals surface area contributed by atoms with Gasteiger partial charge in [0.25, 0.3) is 0 Å². The maximum Gasteiger partial charge on any atom is 0.231 e. The van der Waals surface area contributed by atoms with Gasteiger partial charge in [0.1, 0.15) is 23.6 Å². The standard InChI is InChI=1S/C27H35ClFN5O2/c1-16-14-27(4,36)23-21(16)24(31-15-30-23)33-9-11-34(12-10-33)25(35)22(20-7-8-26(2,3)32-20)17-5-6-18(28)19(29)13-17/h5-6,13,15-16,20,22,32,36H,7-12,14H2,1-4H3/t16-,20?,22?,27-/m1/s1. The molecule has 0 radical (unpaired) electrons. The van der Waals surface area contributed by atoms with Crippen LogP contribution in [0.3, 0.4) is 0 Å². The third kappa shape index (κ3) is 4.59. The highest BCUT2D eigenvalue weighted by atomic mass is 35.5. The molecule has 2 fully saturated rings. The molecule has 3 aliphatic rings. The Labute approximate surface area is 217 Å². The summed E-state index contributed by atoms with van der Waals surface area (Å²) < 4.78 is 14.4. The van der Waals surface area contributed by atoms with Crippen LogP contribution in [0.2, 0.25) is 5.02 Å². The van der Waals surface area contributed by atoms with Gasteiger partial charge in [-0.2, -0.15) is 0 Å². The predicted octanol–water partition coefficient (Wildman–Crippen LogP) is 3.95. The van der Waals surface area contributed by atoms with Crippen molar-refractivity contribution in [3.63, 3.8) is 0 Å². The van der Waals surface area contributed by atoms with Gasteiger partial charge >= 0.3 is 0 Å². The number of halogens is 2. The number of rotatable bonds is 4. The smallest absolute Gasteiger partial charge is 0.231 e. The fourth-order valence-electron chi connectivity index (χ4n) is 6.32. The van der Waals surface area contributed by atoms with Gasteiger partial charge in [-0.15, -0.1) is 0 Å². The Hall–Kier alpha value is -2.29. The van der Waals surface area contributed by atoms with Gasteiger partial charge < -0.3 is 20.2 Å². The van der Waals surface area contributed by atoms with Gasteiger partial charge in [-0.05, 0) is 63.6 Å². The summed E-state index contributed by atoms with van der Waals surface area (Å²) in [7, 11) is 0. The highest BCUT2D eigenvalue weighted by Gasteiger charge is 2.43. The molecule has 194 valence electrons. The number of aromatic nitrogens is 2. The Morgan fingerprint density at radius 3 is 2.58 bits per heavy atom. The van der Waals surface area contributed by atoms with Crippen molar-refractivity contribution in [2.45, 2.75) is 76.0 Å². The summed E-state index contributed by atoms with van der Waals surface area (Å²) in [5.74, 6) is 0.0377. The van der Waals surface area contributed by atoms with Crippen LogP contribution in [0.4, 0.5) is 10.2 Å². The van der Waals surface area contributed by atoms with Gasteiger partial charge in [0.05, 0.1) is 16.6 Å². The molecular weight excluding hydrogens is 481 g/mol. The van der Waals surface area contributed by atoms with E-state index in [9.17, 15) is 14.3 Å². The molecule has 1 aliphatic carbocycles. The molecular formula is C27H35ClFN5O2. The van der Waals surface area contributed by atoms with E-state index in [0.29, 0.717) is 43.9 Å². The number of hydrogen-bond donors (Lipinski definition) is 2. The monoisotopic (exact) mass is 515 g/mol. The third-order valence-electron chi connectivity index (χ3n) is 8.09. The Bertz CT molecular complexity index is 1160. The van der Waals surface area contributed by atoms with Crippen LogP contribution in [0, 0.1) is 5.82 Å². The lowest BCUT2D eigenvalue weighted by Gasteiger charge is -2.39. The zero-order valence-corrected chi connectivity index (χ0v) is 22.1. The SMILES string of the molecule is C[C@@H]1C[C@@](C)(O)c2ncnc(N3CCN(C(=O)C(c4ccc(Cl)c(F)c4)C4CCC(C)(C)N4)CC3)c21. The van der Waals surface area contributed by atoms with Crippen LogP contribution in [0.25, 0.3) is 0 Å². The first-order valence-electron chi connectivity index (χ1n) is 12.8. The summed E-state index contributed by atoms with van der Waals surface area (Å²) in [5.41, 5.74) is 1.35. The summed E-state index contributed by atoms with van der Waals surface area (Å²) in [4.78, 5) is 27.0. The van der Waals surface area contributed by atoms with Gasteiger partial charge in [-0.1, -0.05) is 24.6 Å². The average molecular weight is 516 g/mol. The summed E-state index contributed by atoms with van der Waals surface area (Å²) >= 11 is 5.94. The van der Waals surface area contributed by atoms with E-state index >= 15 is 0 Å². The summed E-state index contributed by atoms with van der Waals surface area (Å²) in [5, 5.41) is 14.5. The molecule has 36 heavy (non-hydrogen) atoms.